The Morgan fingerprint density at radius 2 is 2.00 bits per heavy atom. The number of fused-ring (bicyclic) bond motifs is 1. The predicted octanol–water partition coefficient (Wildman–Crippen LogP) is 3.49. The van der Waals surface area contributed by atoms with Gasteiger partial charge in [0, 0.05) is 21.6 Å². The topological polar surface area (TPSA) is 41.8 Å². The third-order valence-electron chi connectivity index (χ3n) is 2.38. The van der Waals surface area contributed by atoms with Crippen LogP contribution in [0.4, 0.5) is 13.2 Å². The van der Waals surface area contributed by atoms with Gasteiger partial charge in [0.15, 0.2) is 0 Å². The first kappa shape index (κ1) is 11.5. The summed E-state index contributed by atoms with van der Waals surface area (Å²) in [5, 5.41) is 0.485. The summed E-state index contributed by atoms with van der Waals surface area (Å²) in [7, 11) is 0. The van der Waals surface area contributed by atoms with Gasteiger partial charge in [-0.3, -0.25) is 0 Å². The number of halogens is 4. The van der Waals surface area contributed by atoms with E-state index in [1.165, 1.54) is 6.20 Å². The molecule has 0 bridgehead atoms. The average molecular weight is 293 g/mol. The maximum absolute atomic E-state index is 12.5. The fourth-order valence-electron chi connectivity index (χ4n) is 1.57. The van der Waals surface area contributed by atoms with Crippen molar-refractivity contribution in [1.82, 2.24) is 4.98 Å². The van der Waals surface area contributed by atoms with E-state index >= 15 is 0 Å². The molecule has 1 atom stereocenters. The first-order valence-corrected chi connectivity index (χ1v) is 5.28. The van der Waals surface area contributed by atoms with E-state index in [4.69, 9.17) is 5.73 Å². The van der Waals surface area contributed by atoms with E-state index in [0.29, 0.717) is 15.4 Å². The van der Waals surface area contributed by atoms with E-state index in [-0.39, 0.29) is 5.56 Å². The largest absolute Gasteiger partial charge is 0.407 e. The van der Waals surface area contributed by atoms with Gasteiger partial charge in [-0.2, -0.15) is 13.2 Å². The zero-order chi connectivity index (χ0) is 11.9. The number of para-hydroxylation sites is 1. The minimum atomic E-state index is -4.43. The lowest BCUT2D eigenvalue weighted by Gasteiger charge is -2.14. The molecule has 0 radical (unpaired) electrons. The van der Waals surface area contributed by atoms with E-state index in [2.05, 4.69) is 20.9 Å². The first-order chi connectivity index (χ1) is 7.41. The lowest BCUT2D eigenvalue weighted by atomic mass is 10.1. The minimum absolute atomic E-state index is 0.0591. The third kappa shape index (κ3) is 1.82. The maximum Gasteiger partial charge on any atom is 0.407 e. The fourth-order valence-corrected chi connectivity index (χ4v) is 2.05. The lowest BCUT2D eigenvalue weighted by Crippen LogP contribution is -2.28. The molecule has 0 unspecified atom stereocenters. The summed E-state index contributed by atoms with van der Waals surface area (Å²) in [5.41, 5.74) is 5.85. The monoisotopic (exact) mass is 292 g/mol. The quantitative estimate of drug-likeness (QED) is 0.830. The van der Waals surface area contributed by atoms with Crippen LogP contribution in [0.2, 0.25) is 0 Å². The van der Waals surface area contributed by atoms with Crippen molar-refractivity contribution in [3.8, 4) is 0 Å². The second-order valence-corrected chi connectivity index (χ2v) is 4.28. The summed E-state index contributed by atoms with van der Waals surface area (Å²) < 4.78 is 38.2. The van der Waals surface area contributed by atoms with Gasteiger partial charge in [0.25, 0.3) is 0 Å². The molecule has 2 nitrogen and oxygen atoms in total. The number of nitrogens with two attached hydrogens (primary N) is 1. The van der Waals surface area contributed by atoms with Gasteiger partial charge in [-0.1, -0.05) is 12.1 Å². The van der Waals surface area contributed by atoms with Crippen LogP contribution in [-0.2, 0) is 0 Å². The molecule has 1 aromatic heterocycles. The summed E-state index contributed by atoms with van der Waals surface area (Å²) in [6, 6.07) is 3.07. The van der Waals surface area contributed by atoms with Crippen molar-refractivity contribution in [3.63, 3.8) is 0 Å². The van der Waals surface area contributed by atoms with Crippen molar-refractivity contribution in [2.45, 2.75) is 12.2 Å². The average Bonchev–Trinajstić information content (AvgIpc) is 2.60. The van der Waals surface area contributed by atoms with Gasteiger partial charge >= 0.3 is 6.18 Å². The van der Waals surface area contributed by atoms with Crippen molar-refractivity contribution in [2.75, 3.05) is 0 Å². The van der Waals surface area contributed by atoms with Crippen LogP contribution in [0.3, 0.4) is 0 Å². The number of aromatic amines is 1. The molecule has 2 aromatic rings. The number of hydrogen-bond acceptors (Lipinski definition) is 1. The molecule has 3 N–H and O–H groups in total. The van der Waals surface area contributed by atoms with Gasteiger partial charge < -0.3 is 10.7 Å². The van der Waals surface area contributed by atoms with E-state index in [1.807, 2.05) is 0 Å². The standard InChI is InChI=1S/C10H8BrF3N2/c11-7-3-1-2-5-6(4-16-8(5)7)9(15)10(12,13)14/h1-4,9,16H,15H2/t9-/m1/s1. The Kier molecular flexibility index (Phi) is 2.71. The van der Waals surface area contributed by atoms with E-state index in [1.54, 1.807) is 18.2 Å². The Labute approximate surface area is 97.8 Å². The zero-order valence-electron chi connectivity index (χ0n) is 7.98. The molecule has 6 heteroatoms. The molecule has 1 heterocycles. The minimum Gasteiger partial charge on any atom is -0.360 e. The van der Waals surface area contributed by atoms with Crippen molar-refractivity contribution < 1.29 is 13.2 Å². The van der Waals surface area contributed by atoms with E-state index < -0.39 is 12.2 Å². The van der Waals surface area contributed by atoms with Crippen molar-refractivity contribution in [2.24, 2.45) is 5.73 Å². The Bertz CT molecular complexity index is 518. The summed E-state index contributed by atoms with van der Waals surface area (Å²) in [5.74, 6) is 0. The highest BCUT2D eigenvalue weighted by Crippen LogP contribution is 2.35. The van der Waals surface area contributed by atoms with Crippen molar-refractivity contribution >= 4 is 26.8 Å². The molecular weight excluding hydrogens is 285 g/mol. The van der Waals surface area contributed by atoms with Crippen LogP contribution in [0.25, 0.3) is 10.9 Å². The Hall–Kier alpha value is -1.01. The van der Waals surface area contributed by atoms with Gasteiger partial charge in [-0.25, -0.2) is 0 Å². The molecule has 0 saturated heterocycles. The number of benzene rings is 1. The maximum atomic E-state index is 12.5. The van der Waals surface area contributed by atoms with Crippen LogP contribution in [0.5, 0.6) is 0 Å². The predicted molar refractivity (Wildman–Crippen MR) is 59.0 cm³/mol. The number of alkyl halides is 3. The van der Waals surface area contributed by atoms with Crippen LogP contribution in [0.15, 0.2) is 28.9 Å². The number of rotatable bonds is 1. The Morgan fingerprint density at radius 1 is 1.31 bits per heavy atom. The normalized spacial score (nSPS) is 14.3. The van der Waals surface area contributed by atoms with Crippen LogP contribution in [0, 0.1) is 0 Å². The van der Waals surface area contributed by atoms with Crippen LogP contribution in [0.1, 0.15) is 11.6 Å². The molecule has 0 spiro atoms. The van der Waals surface area contributed by atoms with Gasteiger partial charge in [-0.15, -0.1) is 0 Å². The van der Waals surface area contributed by atoms with Crippen molar-refractivity contribution in [3.05, 3.63) is 34.4 Å². The highest BCUT2D eigenvalue weighted by atomic mass is 79.9. The third-order valence-corrected chi connectivity index (χ3v) is 3.05. The SMILES string of the molecule is N[C@H](c1c[nH]c2c(Br)cccc12)C(F)(F)F. The van der Waals surface area contributed by atoms with Gasteiger partial charge in [0.2, 0.25) is 0 Å². The first-order valence-electron chi connectivity index (χ1n) is 4.49. The smallest absolute Gasteiger partial charge is 0.360 e. The van der Waals surface area contributed by atoms with E-state index in [9.17, 15) is 13.2 Å². The molecule has 0 fully saturated rings. The van der Waals surface area contributed by atoms with Crippen molar-refractivity contribution in [1.29, 1.82) is 0 Å². The molecule has 1 aromatic carbocycles. The van der Waals surface area contributed by atoms with Crippen LogP contribution < -0.4 is 5.73 Å². The molecule has 0 amide bonds. The molecule has 2 rings (SSSR count). The highest BCUT2D eigenvalue weighted by Gasteiger charge is 2.39. The molecule has 0 aliphatic heterocycles. The fraction of sp³-hybridized carbons (Fsp3) is 0.200. The number of nitrogens with one attached hydrogen (secondary N) is 1. The Morgan fingerprint density at radius 3 is 2.62 bits per heavy atom. The van der Waals surface area contributed by atoms with Gasteiger partial charge in [0.05, 0.1) is 5.52 Å². The number of hydrogen-bond donors (Lipinski definition) is 2. The second-order valence-electron chi connectivity index (χ2n) is 3.43. The molecule has 0 aliphatic carbocycles. The van der Waals surface area contributed by atoms with Crippen LogP contribution in [-0.4, -0.2) is 11.2 Å². The van der Waals surface area contributed by atoms with Gasteiger partial charge in [0.1, 0.15) is 6.04 Å². The highest BCUT2D eigenvalue weighted by molar-refractivity contribution is 9.10. The molecule has 86 valence electrons. The summed E-state index contributed by atoms with van der Waals surface area (Å²) in [6.07, 6.45) is -3.13. The summed E-state index contributed by atoms with van der Waals surface area (Å²) >= 11 is 3.26. The second kappa shape index (κ2) is 3.78. The molecular formula is C10H8BrF3N2. The number of H-pyrrole nitrogens is 1. The Balaban J connectivity index is 2.59. The molecule has 0 saturated carbocycles. The zero-order valence-corrected chi connectivity index (χ0v) is 9.56. The molecule has 0 aliphatic rings. The lowest BCUT2D eigenvalue weighted by molar-refractivity contribution is -0.148. The van der Waals surface area contributed by atoms with E-state index in [0.717, 1.165) is 0 Å². The summed E-state index contributed by atoms with van der Waals surface area (Å²) in [6.45, 7) is 0. The summed E-state index contributed by atoms with van der Waals surface area (Å²) in [4.78, 5) is 2.78. The van der Waals surface area contributed by atoms with Gasteiger partial charge in [-0.05, 0) is 22.0 Å². The number of aromatic nitrogens is 1. The van der Waals surface area contributed by atoms with Crippen LogP contribution >= 0.6 is 15.9 Å². The molecule has 16 heavy (non-hydrogen) atoms.